The molecule has 1 aromatic heterocycles. The Morgan fingerprint density at radius 2 is 2.31 bits per heavy atom. The lowest BCUT2D eigenvalue weighted by molar-refractivity contribution is -0.148. The fourth-order valence-corrected chi connectivity index (χ4v) is 1.95. The van der Waals surface area contributed by atoms with Crippen LogP contribution >= 0.6 is 0 Å². The molecule has 1 amide bonds. The van der Waals surface area contributed by atoms with Crippen LogP contribution in [-0.4, -0.2) is 44.3 Å². The molecule has 1 N–H and O–H groups in total. The normalized spacial score (nSPS) is 20.0. The number of hydrogen-bond acceptors (Lipinski definition) is 3. The lowest BCUT2D eigenvalue weighted by Gasteiger charge is -2.21. The van der Waals surface area contributed by atoms with Crippen LogP contribution in [-0.2, 0) is 16.1 Å². The maximum Gasteiger partial charge on any atom is 0.326 e. The number of carbonyl (C=O) groups is 2. The first-order valence-corrected chi connectivity index (χ1v) is 5.18. The molecule has 1 saturated heterocycles. The van der Waals surface area contributed by atoms with Crippen molar-refractivity contribution in [3.05, 3.63) is 18.5 Å². The molecule has 16 heavy (non-hydrogen) atoms. The summed E-state index contributed by atoms with van der Waals surface area (Å²) in [5.74, 6) is -1.11. The molecular weight excluding hydrogens is 210 g/mol. The van der Waals surface area contributed by atoms with Gasteiger partial charge in [0.1, 0.15) is 12.6 Å². The van der Waals surface area contributed by atoms with Crippen molar-refractivity contribution >= 4 is 11.9 Å². The van der Waals surface area contributed by atoms with Crippen LogP contribution in [0.5, 0.6) is 0 Å². The molecule has 1 aliphatic rings. The van der Waals surface area contributed by atoms with Crippen LogP contribution in [0.2, 0.25) is 0 Å². The number of rotatable bonds is 3. The second-order valence-corrected chi connectivity index (χ2v) is 3.79. The molecule has 0 radical (unpaired) electrons. The summed E-state index contributed by atoms with van der Waals surface area (Å²) in [6.07, 6.45) is 4.57. The van der Waals surface area contributed by atoms with E-state index in [-0.39, 0.29) is 12.5 Å². The number of carbonyl (C=O) groups excluding carboxylic acids is 1. The van der Waals surface area contributed by atoms with Crippen molar-refractivity contribution in [2.24, 2.45) is 0 Å². The minimum absolute atomic E-state index is 0.108. The Hall–Kier alpha value is -1.85. The Kier molecular flexibility index (Phi) is 2.89. The van der Waals surface area contributed by atoms with Gasteiger partial charge in [-0.2, -0.15) is 5.10 Å². The maximum atomic E-state index is 11.8. The van der Waals surface area contributed by atoms with Gasteiger partial charge in [0, 0.05) is 18.9 Å². The van der Waals surface area contributed by atoms with Gasteiger partial charge in [-0.15, -0.1) is 0 Å². The van der Waals surface area contributed by atoms with Gasteiger partial charge >= 0.3 is 5.97 Å². The zero-order valence-electron chi connectivity index (χ0n) is 8.74. The highest BCUT2D eigenvalue weighted by atomic mass is 16.4. The first kappa shape index (κ1) is 10.7. The van der Waals surface area contributed by atoms with E-state index in [0.29, 0.717) is 13.0 Å². The van der Waals surface area contributed by atoms with Crippen LogP contribution in [0.15, 0.2) is 18.5 Å². The molecular formula is C10H13N3O3. The average Bonchev–Trinajstić information content (AvgIpc) is 2.86. The highest BCUT2D eigenvalue weighted by Crippen LogP contribution is 2.17. The zero-order valence-corrected chi connectivity index (χ0v) is 8.74. The summed E-state index contributed by atoms with van der Waals surface area (Å²) in [4.78, 5) is 24.2. The molecule has 6 nitrogen and oxygen atoms in total. The second-order valence-electron chi connectivity index (χ2n) is 3.79. The van der Waals surface area contributed by atoms with E-state index in [1.54, 1.807) is 18.5 Å². The quantitative estimate of drug-likeness (QED) is 0.780. The van der Waals surface area contributed by atoms with E-state index in [0.717, 1.165) is 6.42 Å². The number of carboxylic acids is 1. The van der Waals surface area contributed by atoms with Crippen molar-refractivity contribution in [3.63, 3.8) is 0 Å². The van der Waals surface area contributed by atoms with E-state index in [1.807, 2.05) is 0 Å². The van der Waals surface area contributed by atoms with Crippen molar-refractivity contribution < 1.29 is 14.7 Å². The SMILES string of the molecule is O=C(O)[C@H]1CCCN1C(=O)Cn1cccn1. The van der Waals surface area contributed by atoms with Gasteiger partial charge in [0.15, 0.2) is 0 Å². The topological polar surface area (TPSA) is 75.4 Å². The number of nitrogens with zero attached hydrogens (tertiary/aromatic N) is 3. The highest BCUT2D eigenvalue weighted by molar-refractivity contribution is 5.84. The summed E-state index contributed by atoms with van der Waals surface area (Å²) in [5, 5.41) is 12.9. The van der Waals surface area contributed by atoms with Gasteiger partial charge in [-0.1, -0.05) is 0 Å². The largest absolute Gasteiger partial charge is 0.480 e. The Morgan fingerprint density at radius 1 is 1.50 bits per heavy atom. The lowest BCUT2D eigenvalue weighted by atomic mass is 10.2. The molecule has 2 heterocycles. The Labute approximate surface area is 92.5 Å². The van der Waals surface area contributed by atoms with E-state index < -0.39 is 12.0 Å². The monoisotopic (exact) mass is 223 g/mol. The maximum absolute atomic E-state index is 11.8. The van der Waals surface area contributed by atoms with Gasteiger partial charge in [-0.25, -0.2) is 4.79 Å². The minimum Gasteiger partial charge on any atom is -0.480 e. The van der Waals surface area contributed by atoms with Crippen molar-refractivity contribution in [2.75, 3.05) is 6.54 Å². The highest BCUT2D eigenvalue weighted by Gasteiger charge is 2.33. The van der Waals surface area contributed by atoms with Crippen molar-refractivity contribution in [1.29, 1.82) is 0 Å². The Bertz CT molecular complexity index is 388. The number of hydrogen-bond donors (Lipinski definition) is 1. The van der Waals surface area contributed by atoms with Crippen LogP contribution in [0.4, 0.5) is 0 Å². The minimum atomic E-state index is -0.925. The summed E-state index contributed by atoms with van der Waals surface area (Å²) < 4.78 is 1.50. The molecule has 6 heteroatoms. The molecule has 0 aliphatic carbocycles. The number of aliphatic carboxylic acids is 1. The molecule has 1 atom stereocenters. The van der Waals surface area contributed by atoms with Crippen LogP contribution < -0.4 is 0 Å². The zero-order chi connectivity index (χ0) is 11.5. The number of carboxylic acid groups (broad SMARTS) is 1. The summed E-state index contributed by atoms with van der Waals surface area (Å²) in [5.41, 5.74) is 0. The predicted octanol–water partition coefficient (Wildman–Crippen LogP) is -0.0413. The van der Waals surface area contributed by atoms with Crippen LogP contribution in [0.1, 0.15) is 12.8 Å². The molecule has 0 aromatic carbocycles. The van der Waals surface area contributed by atoms with E-state index in [4.69, 9.17) is 5.11 Å². The summed E-state index contributed by atoms with van der Waals surface area (Å²) in [6.45, 7) is 0.633. The summed E-state index contributed by atoms with van der Waals surface area (Å²) in [6, 6.07) is 1.06. The third-order valence-corrected chi connectivity index (χ3v) is 2.71. The molecule has 0 saturated carbocycles. The lowest BCUT2D eigenvalue weighted by Crippen LogP contribution is -2.42. The molecule has 1 aromatic rings. The van der Waals surface area contributed by atoms with Gasteiger partial charge in [-0.05, 0) is 18.9 Å². The fourth-order valence-electron chi connectivity index (χ4n) is 1.95. The number of likely N-dealkylation sites (tertiary alicyclic amines) is 1. The van der Waals surface area contributed by atoms with Crippen LogP contribution in [0, 0.1) is 0 Å². The van der Waals surface area contributed by atoms with Gasteiger partial charge in [0.05, 0.1) is 0 Å². The smallest absolute Gasteiger partial charge is 0.326 e. The van der Waals surface area contributed by atoms with Crippen molar-refractivity contribution in [2.45, 2.75) is 25.4 Å². The Balaban J connectivity index is 2.01. The standard InChI is InChI=1S/C10H13N3O3/c14-9(7-12-5-2-4-11-12)13-6-1-3-8(13)10(15)16/h2,4-5,8H,1,3,6-7H2,(H,15,16)/t8-/m1/s1. The summed E-state index contributed by atoms with van der Waals surface area (Å²) in [7, 11) is 0. The molecule has 1 fully saturated rings. The third kappa shape index (κ3) is 2.05. The van der Waals surface area contributed by atoms with E-state index in [9.17, 15) is 9.59 Å². The number of amides is 1. The second kappa shape index (κ2) is 4.34. The van der Waals surface area contributed by atoms with Gasteiger partial charge in [-0.3, -0.25) is 9.48 Å². The average molecular weight is 223 g/mol. The molecule has 0 unspecified atom stereocenters. The first-order valence-electron chi connectivity index (χ1n) is 5.18. The van der Waals surface area contributed by atoms with E-state index >= 15 is 0 Å². The third-order valence-electron chi connectivity index (χ3n) is 2.71. The van der Waals surface area contributed by atoms with Crippen molar-refractivity contribution in [1.82, 2.24) is 14.7 Å². The van der Waals surface area contributed by atoms with E-state index in [1.165, 1.54) is 9.58 Å². The van der Waals surface area contributed by atoms with Gasteiger partial charge in [0.25, 0.3) is 0 Å². The molecule has 1 aliphatic heterocycles. The molecule has 86 valence electrons. The summed E-state index contributed by atoms with van der Waals surface area (Å²) >= 11 is 0. The molecule has 0 spiro atoms. The fraction of sp³-hybridized carbons (Fsp3) is 0.500. The van der Waals surface area contributed by atoms with E-state index in [2.05, 4.69) is 5.10 Å². The van der Waals surface area contributed by atoms with Gasteiger partial charge in [0.2, 0.25) is 5.91 Å². The van der Waals surface area contributed by atoms with Gasteiger partial charge < -0.3 is 10.0 Å². The van der Waals surface area contributed by atoms with Crippen molar-refractivity contribution in [3.8, 4) is 0 Å². The molecule has 2 rings (SSSR count). The van der Waals surface area contributed by atoms with Crippen LogP contribution in [0.3, 0.4) is 0 Å². The first-order chi connectivity index (χ1) is 7.68. The predicted molar refractivity (Wildman–Crippen MR) is 54.6 cm³/mol. The molecule has 0 bridgehead atoms. The number of aromatic nitrogens is 2. The Morgan fingerprint density at radius 3 is 2.94 bits per heavy atom. The van der Waals surface area contributed by atoms with Crippen LogP contribution in [0.25, 0.3) is 0 Å².